The third kappa shape index (κ3) is 8.23. The van der Waals surface area contributed by atoms with Gasteiger partial charge in [-0.1, -0.05) is 62.6 Å². The maximum Gasteiger partial charge on any atom is 0.305 e. The molecule has 1 saturated carbocycles. The van der Waals surface area contributed by atoms with Crippen LogP contribution in [0.5, 0.6) is 0 Å². The second kappa shape index (κ2) is 13.4. The SMILES string of the molecule is CCCCC[C@H](O)/C=C/[C@H]1[C@H](Cc2ccccc2CCCC(=O)OCC)C(=O)C[C@@H]1O. The Morgan fingerprint density at radius 1 is 1.19 bits per heavy atom. The molecule has 0 bridgehead atoms. The minimum absolute atomic E-state index is 0.0731. The standard InChI is InChI=1S/C26H38O5/c1-3-5-6-13-21(27)15-16-22-23(25(29)18-24(22)28)17-20-11-8-7-10-19(20)12-9-14-26(30)31-4-2/h7-8,10-11,15-16,21-24,27-28H,3-6,9,12-14,17-18H2,1-2H3/b16-15+/t21-,22-,23-,24-/m0/s1. The fourth-order valence-corrected chi connectivity index (χ4v) is 4.34. The molecule has 5 nitrogen and oxygen atoms in total. The van der Waals surface area contributed by atoms with E-state index in [4.69, 9.17) is 4.74 Å². The van der Waals surface area contributed by atoms with Crippen molar-refractivity contribution in [1.29, 1.82) is 0 Å². The molecule has 0 amide bonds. The van der Waals surface area contributed by atoms with Crippen molar-refractivity contribution in [3.63, 3.8) is 0 Å². The fourth-order valence-electron chi connectivity index (χ4n) is 4.34. The van der Waals surface area contributed by atoms with Gasteiger partial charge in [-0.05, 0) is 43.7 Å². The molecular formula is C26H38O5. The van der Waals surface area contributed by atoms with Crippen LogP contribution in [0.4, 0.5) is 0 Å². The number of aryl methyl sites for hydroxylation is 1. The highest BCUT2D eigenvalue weighted by Crippen LogP contribution is 2.34. The summed E-state index contributed by atoms with van der Waals surface area (Å²) in [5.41, 5.74) is 2.21. The van der Waals surface area contributed by atoms with Gasteiger partial charge in [0.15, 0.2) is 0 Å². The number of aliphatic hydroxyl groups is 2. The summed E-state index contributed by atoms with van der Waals surface area (Å²) in [6, 6.07) is 8.00. The number of carbonyl (C=O) groups excluding carboxylic acids is 2. The van der Waals surface area contributed by atoms with Crippen LogP contribution in [0.1, 0.15) is 69.9 Å². The van der Waals surface area contributed by atoms with Crippen LogP contribution in [0.2, 0.25) is 0 Å². The van der Waals surface area contributed by atoms with Gasteiger partial charge in [0.05, 0.1) is 18.8 Å². The predicted octanol–water partition coefficient (Wildman–Crippen LogP) is 4.18. The van der Waals surface area contributed by atoms with E-state index < -0.39 is 12.2 Å². The highest BCUT2D eigenvalue weighted by Gasteiger charge is 2.40. The Morgan fingerprint density at radius 2 is 1.94 bits per heavy atom. The van der Waals surface area contributed by atoms with E-state index in [0.29, 0.717) is 32.3 Å². The molecule has 2 N–H and O–H groups in total. The first-order valence-electron chi connectivity index (χ1n) is 11.8. The first-order chi connectivity index (χ1) is 15.0. The van der Waals surface area contributed by atoms with E-state index in [0.717, 1.165) is 36.8 Å². The molecule has 1 aliphatic carbocycles. The predicted molar refractivity (Wildman–Crippen MR) is 122 cm³/mol. The Morgan fingerprint density at radius 3 is 2.65 bits per heavy atom. The maximum absolute atomic E-state index is 12.6. The lowest BCUT2D eigenvalue weighted by atomic mass is 9.85. The summed E-state index contributed by atoms with van der Waals surface area (Å²) in [7, 11) is 0. The molecule has 2 rings (SSSR count). The molecule has 0 aliphatic heterocycles. The zero-order valence-electron chi connectivity index (χ0n) is 19.0. The summed E-state index contributed by atoms with van der Waals surface area (Å²) < 4.78 is 5.00. The van der Waals surface area contributed by atoms with Gasteiger partial charge < -0.3 is 14.9 Å². The van der Waals surface area contributed by atoms with E-state index in [9.17, 15) is 19.8 Å². The summed E-state index contributed by atoms with van der Waals surface area (Å²) in [5.74, 6) is -0.679. The van der Waals surface area contributed by atoms with Crippen LogP contribution in [-0.4, -0.2) is 40.8 Å². The zero-order valence-corrected chi connectivity index (χ0v) is 19.0. The van der Waals surface area contributed by atoms with Gasteiger partial charge in [-0.2, -0.15) is 0 Å². The lowest BCUT2D eigenvalue weighted by Crippen LogP contribution is -2.21. The Balaban J connectivity index is 2.02. The molecule has 31 heavy (non-hydrogen) atoms. The van der Waals surface area contributed by atoms with E-state index in [1.807, 2.05) is 30.3 Å². The van der Waals surface area contributed by atoms with Crippen LogP contribution in [0.15, 0.2) is 36.4 Å². The van der Waals surface area contributed by atoms with Crippen LogP contribution in [0, 0.1) is 11.8 Å². The van der Waals surface area contributed by atoms with E-state index in [1.54, 1.807) is 13.0 Å². The number of benzene rings is 1. The number of ketones is 1. The number of carbonyl (C=O) groups is 2. The lowest BCUT2D eigenvalue weighted by molar-refractivity contribution is -0.143. The van der Waals surface area contributed by atoms with Crippen molar-refractivity contribution in [2.75, 3.05) is 6.61 Å². The van der Waals surface area contributed by atoms with E-state index in [-0.39, 0.29) is 30.0 Å². The number of unbranched alkanes of at least 4 members (excludes halogenated alkanes) is 2. The van der Waals surface area contributed by atoms with Gasteiger partial charge in [-0.3, -0.25) is 9.59 Å². The molecule has 1 aromatic rings. The lowest BCUT2D eigenvalue weighted by Gasteiger charge is -2.20. The molecule has 0 radical (unpaired) electrons. The Kier molecular flexibility index (Phi) is 11.0. The maximum atomic E-state index is 12.6. The highest BCUT2D eigenvalue weighted by atomic mass is 16.5. The largest absolute Gasteiger partial charge is 0.466 e. The van der Waals surface area contributed by atoms with E-state index in [2.05, 4.69) is 6.92 Å². The van der Waals surface area contributed by atoms with Crippen molar-refractivity contribution in [2.45, 2.75) is 83.8 Å². The zero-order chi connectivity index (χ0) is 22.6. The molecular weight excluding hydrogens is 392 g/mol. The topological polar surface area (TPSA) is 83.8 Å². The number of Topliss-reactive ketones (excluding diaryl/α,β-unsaturated/α-hetero) is 1. The molecule has 4 atom stereocenters. The number of hydrogen-bond donors (Lipinski definition) is 2. The summed E-state index contributed by atoms with van der Waals surface area (Å²) in [6.45, 7) is 4.32. The van der Waals surface area contributed by atoms with E-state index in [1.165, 1.54) is 0 Å². The average Bonchev–Trinajstić information content (AvgIpc) is 3.00. The highest BCUT2D eigenvalue weighted by molar-refractivity contribution is 5.85. The Labute approximate surface area is 186 Å². The summed E-state index contributed by atoms with van der Waals surface area (Å²) in [6.07, 6.45) is 8.77. The molecule has 1 aliphatic rings. The van der Waals surface area contributed by atoms with E-state index >= 15 is 0 Å². The molecule has 1 fully saturated rings. The van der Waals surface area contributed by atoms with Gasteiger partial charge >= 0.3 is 5.97 Å². The number of hydrogen-bond acceptors (Lipinski definition) is 5. The Bertz CT molecular complexity index is 726. The quantitative estimate of drug-likeness (QED) is 0.279. The van der Waals surface area contributed by atoms with Crippen molar-refractivity contribution in [3.8, 4) is 0 Å². The van der Waals surface area contributed by atoms with Crippen LogP contribution in [0.3, 0.4) is 0 Å². The van der Waals surface area contributed by atoms with Gasteiger partial charge in [0.2, 0.25) is 0 Å². The van der Waals surface area contributed by atoms with Crippen molar-refractivity contribution < 1.29 is 24.5 Å². The van der Waals surface area contributed by atoms with Crippen molar-refractivity contribution in [2.24, 2.45) is 11.8 Å². The second-order valence-electron chi connectivity index (χ2n) is 8.50. The number of rotatable bonds is 13. The summed E-state index contributed by atoms with van der Waals surface area (Å²) in [5, 5.41) is 20.6. The minimum atomic E-state index is -0.701. The molecule has 172 valence electrons. The molecule has 0 saturated heterocycles. The normalized spacial score (nSPS) is 22.2. The van der Waals surface area contributed by atoms with Crippen LogP contribution in [-0.2, 0) is 27.2 Å². The monoisotopic (exact) mass is 430 g/mol. The number of aliphatic hydroxyl groups excluding tert-OH is 2. The van der Waals surface area contributed by atoms with Crippen LogP contribution < -0.4 is 0 Å². The Hall–Kier alpha value is -1.98. The number of esters is 1. The molecule has 5 heteroatoms. The van der Waals surface area contributed by atoms with Gasteiger partial charge in [0.1, 0.15) is 5.78 Å². The number of ether oxygens (including phenoxy) is 1. The molecule has 1 aromatic carbocycles. The smallest absolute Gasteiger partial charge is 0.305 e. The first-order valence-corrected chi connectivity index (χ1v) is 11.8. The summed E-state index contributed by atoms with van der Waals surface area (Å²) >= 11 is 0. The third-order valence-corrected chi connectivity index (χ3v) is 6.08. The fraction of sp³-hybridized carbons (Fsp3) is 0.615. The third-order valence-electron chi connectivity index (χ3n) is 6.08. The first kappa shape index (κ1) is 25.3. The minimum Gasteiger partial charge on any atom is -0.466 e. The average molecular weight is 431 g/mol. The van der Waals surface area contributed by atoms with Crippen molar-refractivity contribution in [1.82, 2.24) is 0 Å². The van der Waals surface area contributed by atoms with Crippen LogP contribution in [0.25, 0.3) is 0 Å². The van der Waals surface area contributed by atoms with Crippen molar-refractivity contribution >= 4 is 11.8 Å². The van der Waals surface area contributed by atoms with Gasteiger partial charge in [-0.15, -0.1) is 0 Å². The molecule has 0 aromatic heterocycles. The van der Waals surface area contributed by atoms with Crippen LogP contribution >= 0.6 is 0 Å². The summed E-state index contributed by atoms with van der Waals surface area (Å²) in [4.78, 5) is 24.2. The molecule has 0 unspecified atom stereocenters. The van der Waals surface area contributed by atoms with Gasteiger partial charge in [0.25, 0.3) is 0 Å². The molecule has 0 spiro atoms. The van der Waals surface area contributed by atoms with Crippen molar-refractivity contribution in [3.05, 3.63) is 47.5 Å². The van der Waals surface area contributed by atoms with Gasteiger partial charge in [0, 0.05) is 24.7 Å². The second-order valence-corrected chi connectivity index (χ2v) is 8.50. The van der Waals surface area contributed by atoms with Gasteiger partial charge in [-0.25, -0.2) is 0 Å². The molecule has 0 heterocycles.